The van der Waals surface area contributed by atoms with Crippen LogP contribution in [0.5, 0.6) is 5.75 Å². The minimum absolute atomic E-state index is 0.116. The maximum Gasteiger partial charge on any atom is 0.333 e. The summed E-state index contributed by atoms with van der Waals surface area (Å²) in [7, 11) is 0. The molecule has 2 aromatic carbocycles. The van der Waals surface area contributed by atoms with Crippen molar-refractivity contribution in [2.45, 2.75) is 20.5 Å². The van der Waals surface area contributed by atoms with Gasteiger partial charge in [0.15, 0.2) is 0 Å². The first-order valence-corrected chi connectivity index (χ1v) is 7.77. The van der Waals surface area contributed by atoms with Crippen molar-refractivity contribution in [2.24, 2.45) is 0 Å². The van der Waals surface area contributed by atoms with Gasteiger partial charge in [0.1, 0.15) is 19.0 Å². The average Bonchev–Trinajstić information content (AvgIpc) is 2.59. The Bertz CT molecular complexity index is 717. The Hall–Kier alpha value is -2.59. The molecule has 0 atom stereocenters. The summed E-state index contributed by atoms with van der Waals surface area (Å²) < 4.78 is 10.7. The first-order chi connectivity index (χ1) is 11.5. The third-order valence-corrected chi connectivity index (χ3v) is 3.54. The van der Waals surface area contributed by atoms with E-state index in [-0.39, 0.29) is 19.8 Å². The Kier molecular flexibility index (Phi) is 6.15. The minimum atomic E-state index is -0.436. The molecule has 0 aliphatic carbocycles. The van der Waals surface area contributed by atoms with E-state index in [2.05, 4.69) is 6.58 Å². The largest absolute Gasteiger partial charge is 0.490 e. The third kappa shape index (κ3) is 4.70. The van der Waals surface area contributed by atoms with Gasteiger partial charge in [-0.2, -0.15) is 0 Å². The SMILES string of the molecule is C=C(C)C(=O)OCCOc1cc(-c2ccc(C)cc2)ccc1CO. The van der Waals surface area contributed by atoms with E-state index in [1.54, 1.807) is 6.92 Å². The van der Waals surface area contributed by atoms with Crippen LogP contribution in [-0.4, -0.2) is 24.3 Å². The molecule has 4 heteroatoms. The van der Waals surface area contributed by atoms with E-state index in [1.165, 1.54) is 5.56 Å². The van der Waals surface area contributed by atoms with Gasteiger partial charge in [-0.1, -0.05) is 48.5 Å². The van der Waals surface area contributed by atoms with E-state index in [4.69, 9.17) is 9.47 Å². The first kappa shape index (κ1) is 17.8. The zero-order chi connectivity index (χ0) is 17.5. The van der Waals surface area contributed by atoms with Gasteiger partial charge in [-0.05, 0) is 31.0 Å². The monoisotopic (exact) mass is 326 g/mol. The van der Waals surface area contributed by atoms with E-state index >= 15 is 0 Å². The summed E-state index contributed by atoms with van der Waals surface area (Å²) in [5.74, 6) is 0.149. The van der Waals surface area contributed by atoms with E-state index in [1.807, 2.05) is 49.4 Å². The van der Waals surface area contributed by atoms with Gasteiger partial charge >= 0.3 is 5.97 Å². The molecule has 2 rings (SSSR count). The molecule has 0 saturated carbocycles. The maximum atomic E-state index is 11.3. The molecular weight excluding hydrogens is 304 g/mol. The molecule has 0 spiro atoms. The van der Waals surface area contributed by atoms with Crippen LogP contribution in [0.25, 0.3) is 11.1 Å². The Balaban J connectivity index is 2.07. The van der Waals surface area contributed by atoms with Crippen molar-refractivity contribution in [1.82, 2.24) is 0 Å². The minimum Gasteiger partial charge on any atom is -0.490 e. The first-order valence-electron chi connectivity index (χ1n) is 7.77. The molecule has 0 aromatic heterocycles. The van der Waals surface area contributed by atoms with Gasteiger partial charge in [0.05, 0.1) is 6.61 Å². The predicted molar refractivity (Wildman–Crippen MR) is 93.8 cm³/mol. The molecule has 24 heavy (non-hydrogen) atoms. The van der Waals surface area contributed by atoms with Crippen molar-refractivity contribution in [2.75, 3.05) is 13.2 Å². The van der Waals surface area contributed by atoms with Crippen molar-refractivity contribution in [3.63, 3.8) is 0 Å². The smallest absolute Gasteiger partial charge is 0.333 e. The number of hydrogen-bond donors (Lipinski definition) is 1. The van der Waals surface area contributed by atoms with Gasteiger partial charge in [-0.25, -0.2) is 4.79 Å². The second-order valence-corrected chi connectivity index (χ2v) is 5.61. The lowest BCUT2D eigenvalue weighted by molar-refractivity contribution is -0.139. The number of benzene rings is 2. The van der Waals surface area contributed by atoms with Crippen molar-refractivity contribution in [3.8, 4) is 16.9 Å². The third-order valence-electron chi connectivity index (χ3n) is 3.54. The standard InChI is InChI=1S/C20H22O4/c1-14(2)20(22)24-11-10-23-19-12-17(8-9-18(19)13-21)16-6-4-15(3)5-7-16/h4-9,12,21H,1,10-11,13H2,2-3H3. The van der Waals surface area contributed by atoms with E-state index < -0.39 is 5.97 Å². The summed E-state index contributed by atoms with van der Waals surface area (Å²) in [6.45, 7) is 7.38. The van der Waals surface area contributed by atoms with Crippen LogP contribution in [0.3, 0.4) is 0 Å². The summed E-state index contributed by atoms with van der Waals surface area (Å²) in [6.07, 6.45) is 0. The molecule has 2 aromatic rings. The van der Waals surface area contributed by atoms with Crippen molar-refractivity contribution < 1.29 is 19.4 Å². The molecule has 0 aliphatic rings. The number of aliphatic hydroxyl groups excluding tert-OH is 1. The van der Waals surface area contributed by atoms with Crippen LogP contribution in [0.15, 0.2) is 54.6 Å². The molecule has 1 N–H and O–H groups in total. The van der Waals surface area contributed by atoms with Gasteiger partial charge in [0.2, 0.25) is 0 Å². The number of carbonyl (C=O) groups excluding carboxylic acids is 1. The van der Waals surface area contributed by atoms with Crippen LogP contribution in [0.1, 0.15) is 18.1 Å². The zero-order valence-corrected chi connectivity index (χ0v) is 14.0. The van der Waals surface area contributed by atoms with E-state index in [0.717, 1.165) is 11.1 Å². The van der Waals surface area contributed by atoms with E-state index in [9.17, 15) is 9.90 Å². The molecule has 4 nitrogen and oxygen atoms in total. The average molecular weight is 326 g/mol. The Morgan fingerprint density at radius 1 is 1.08 bits per heavy atom. The lowest BCUT2D eigenvalue weighted by Crippen LogP contribution is -2.13. The van der Waals surface area contributed by atoms with Gasteiger partial charge in [-0.15, -0.1) is 0 Å². The quantitative estimate of drug-likeness (QED) is 0.479. The molecule has 0 unspecified atom stereocenters. The number of aryl methyl sites for hydroxylation is 1. The Labute approximate surface area is 142 Å². The van der Waals surface area contributed by atoms with Gasteiger partial charge in [0.25, 0.3) is 0 Å². The van der Waals surface area contributed by atoms with Gasteiger partial charge < -0.3 is 14.6 Å². The summed E-state index contributed by atoms with van der Waals surface area (Å²) >= 11 is 0. The second kappa shape index (κ2) is 8.31. The molecule has 0 saturated heterocycles. The Morgan fingerprint density at radius 2 is 1.75 bits per heavy atom. The highest BCUT2D eigenvalue weighted by Crippen LogP contribution is 2.27. The lowest BCUT2D eigenvalue weighted by Gasteiger charge is -2.13. The number of carbonyl (C=O) groups is 1. The van der Waals surface area contributed by atoms with Crippen LogP contribution in [0.4, 0.5) is 0 Å². The fourth-order valence-electron chi connectivity index (χ4n) is 2.15. The number of hydrogen-bond acceptors (Lipinski definition) is 4. The van der Waals surface area contributed by atoms with Crippen LogP contribution < -0.4 is 4.74 Å². The van der Waals surface area contributed by atoms with Crippen LogP contribution in [-0.2, 0) is 16.1 Å². The molecule has 0 heterocycles. The molecule has 0 fully saturated rings. The number of aliphatic hydroxyl groups is 1. The van der Waals surface area contributed by atoms with Crippen molar-refractivity contribution in [1.29, 1.82) is 0 Å². The number of rotatable bonds is 7. The molecule has 126 valence electrons. The molecule has 0 bridgehead atoms. The molecule has 0 amide bonds. The Morgan fingerprint density at radius 3 is 2.38 bits per heavy atom. The van der Waals surface area contributed by atoms with Crippen molar-refractivity contribution >= 4 is 5.97 Å². The highest BCUT2D eigenvalue weighted by atomic mass is 16.6. The number of ether oxygens (including phenoxy) is 2. The highest BCUT2D eigenvalue weighted by Gasteiger charge is 2.08. The highest BCUT2D eigenvalue weighted by molar-refractivity contribution is 5.86. The summed E-state index contributed by atoms with van der Waals surface area (Å²) in [4.78, 5) is 11.3. The van der Waals surface area contributed by atoms with Crippen LogP contribution >= 0.6 is 0 Å². The lowest BCUT2D eigenvalue weighted by atomic mass is 10.0. The van der Waals surface area contributed by atoms with Gasteiger partial charge in [-0.3, -0.25) is 0 Å². The molecule has 0 aliphatic heterocycles. The molecular formula is C20H22O4. The normalized spacial score (nSPS) is 10.3. The predicted octanol–water partition coefficient (Wildman–Crippen LogP) is 3.65. The van der Waals surface area contributed by atoms with Crippen LogP contribution in [0.2, 0.25) is 0 Å². The fraction of sp³-hybridized carbons (Fsp3) is 0.250. The zero-order valence-electron chi connectivity index (χ0n) is 14.0. The molecule has 0 radical (unpaired) electrons. The number of esters is 1. The second-order valence-electron chi connectivity index (χ2n) is 5.61. The van der Waals surface area contributed by atoms with Crippen molar-refractivity contribution in [3.05, 3.63) is 65.7 Å². The summed E-state index contributed by atoms with van der Waals surface area (Å²) in [5.41, 5.74) is 4.32. The fourth-order valence-corrected chi connectivity index (χ4v) is 2.15. The topological polar surface area (TPSA) is 55.8 Å². The summed E-state index contributed by atoms with van der Waals surface area (Å²) in [5, 5.41) is 9.46. The van der Waals surface area contributed by atoms with Crippen LogP contribution in [0, 0.1) is 6.92 Å². The van der Waals surface area contributed by atoms with Gasteiger partial charge in [0, 0.05) is 11.1 Å². The van der Waals surface area contributed by atoms with E-state index in [0.29, 0.717) is 16.9 Å². The summed E-state index contributed by atoms with van der Waals surface area (Å²) in [6, 6.07) is 13.9. The maximum absolute atomic E-state index is 11.3.